The maximum absolute atomic E-state index is 13.5. The third-order valence-corrected chi connectivity index (χ3v) is 22.1. The summed E-state index contributed by atoms with van der Waals surface area (Å²) < 4.78 is 136. The van der Waals surface area contributed by atoms with Crippen LogP contribution in [0.5, 0.6) is 0 Å². The number of carbonyl (C=O) groups excluding carboxylic acids is 6. The molecule has 123 heavy (non-hydrogen) atoms. The largest absolute Gasteiger partial charge is 0.461 e. The average Bonchev–Trinajstić information content (AvgIpc) is 1.76. The highest BCUT2D eigenvalue weighted by atomic mass is 79.9. The smallest absolute Gasteiger partial charge is 0.358 e. The van der Waals surface area contributed by atoms with E-state index in [1.54, 1.807) is 83.7 Å². The van der Waals surface area contributed by atoms with Crippen LogP contribution >= 0.6 is 15.9 Å². The molecule has 33 nitrogen and oxygen atoms in total. The highest BCUT2D eigenvalue weighted by Gasteiger charge is 2.39. The second-order valence-electron chi connectivity index (χ2n) is 31.1. The average molecular weight is 1790 g/mol. The minimum Gasteiger partial charge on any atom is -0.461 e. The molecule has 4 amide bonds. The van der Waals surface area contributed by atoms with E-state index in [2.05, 4.69) is 103 Å². The van der Waals surface area contributed by atoms with Gasteiger partial charge < -0.3 is 55.9 Å². The van der Waals surface area contributed by atoms with Crippen LogP contribution in [-0.4, -0.2) is 222 Å². The molecule has 0 radical (unpaired) electrons. The summed E-state index contributed by atoms with van der Waals surface area (Å²) >= 11 is 3.37. The summed E-state index contributed by atoms with van der Waals surface area (Å²) in [5.41, 5.74) is 3.60. The van der Waals surface area contributed by atoms with Crippen LogP contribution in [0, 0.1) is 0 Å². The fourth-order valence-electron chi connectivity index (χ4n) is 14.9. The second-order valence-corrected chi connectivity index (χ2v) is 31.7. The van der Waals surface area contributed by atoms with Gasteiger partial charge in [-0.05, 0) is 115 Å². The zero-order chi connectivity index (χ0) is 87.4. The second kappa shape index (κ2) is 41.9. The molecule has 8 aromatic heterocycles. The van der Waals surface area contributed by atoms with E-state index < -0.39 is 42.3 Å². The molecule has 4 aliphatic heterocycles. The van der Waals surface area contributed by atoms with Crippen LogP contribution in [0.4, 0.5) is 62.8 Å². The lowest BCUT2D eigenvalue weighted by Crippen LogP contribution is -2.32. The van der Waals surface area contributed by atoms with Gasteiger partial charge in [0.1, 0.15) is 29.9 Å². The highest BCUT2D eigenvalue weighted by Crippen LogP contribution is 2.39. The predicted octanol–water partition coefficient (Wildman–Crippen LogP) is 12.1. The Morgan fingerprint density at radius 3 is 1.01 bits per heavy atom. The first-order chi connectivity index (χ1) is 58.9. The summed E-state index contributed by atoms with van der Waals surface area (Å²) in [4.78, 5) is 111. The lowest BCUT2D eigenvalue weighted by molar-refractivity contribution is -0.129. The summed E-state index contributed by atoms with van der Waals surface area (Å²) in [7, 11) is 0. The van der Waals surface area contributed by atoms with Gasteiger partial charge in [-0.3, -0.25) is 19.2 Å². The number of nitrogens with one attached hydrogen (secondary N) is 5. The first-order valence-corrected chi connectivity index (χ1v) is 42.6. The molecule has 12 heterocycles. The van der Waals surface area contributed by atoms with E-state index in [9.17, 15) is 73.4 Å². The summed E-state index contributed by atoms with van der Waals surface area (Å²) in [6.45, 7) is 6.95. The predicted molar refractivity (Wildman–Crippen MR) is 431 cm³/mol. The Labute approximate surface area is 710 Å². The number of aliphatic hydroxyl groups excluding tert-OH is 1. The Morgan fingerprint density at radius 1 is 0.439 bits per heavy atom. The number of hydrogen-bond acceptors (Lipinski definition) is 25. The third-order valence-electron chi connectivity index (χ3n) is 21.5. The van der Waals surface area contributed by atoms with E-state index in [0.29, 0.717) is 173 Å². The Morgan fingerprint density at radius 2 is 0.748 bits per heavy atom. The number of carbonyl (C=O) groups is 6. The van der Waals surface area contributed by atoms with E-state index in [0.717, 1.165) is 38.6 Å². The minimum absolute atomic E-state index is 0.0664. The van der Waals surface area contributed by atoms with E-state index in [-0.39, 0.29) is 154 Å². The molecule has 8 fully saturated rings. The number of hydrogen-bond donors (Lipinski definition) is 6. The zero-order valence-electron chi connectivity index (χ0n) is 68.2. The van der Waals surface area contributed by atoms with Crippen molar-refractivity contribution in [2.24, 2.45) is 0 Å². The molecule has 0 aromatic carbocycles. The summed E-state index contributed by atoms with van der Waals surface area (Å²) in [6, 6.07) is 12.8. The fourth-order valence-corrected chi connectivity index (χ4v) is 15.2. The number of anilines is 4. The molecule has 664 valence electrons. The molecule has 0 spiro atoms. The fraction of sp³-hybridized carbons (Fsp3) is 0.575. The molecule has 4 saturated carbocycles. The molecule has 0 bridgehead atoms. The quantitative estimate of drug-likeness (QED) is 0.0176. The van der Waals surface area contributed by atoms with Gasteiger partial charge in [0.05, 0.1) is 73.6 Å². The third kappa shape index (κ3) is 26.8. The molecule has 8 aliphatic rings. The van der Waals surface area contributed by atoms with Gasteiger partial charge in [-0.15, -0.1) is 0 Å². The Balaban J connectivity index is 0.000000146. The Hall–Kier alpha value is -11.0. The van der Waals surface area contributed by atoms with Crippen molar-refractivity contribution in [3.63, 3.8) is 0 Å². The van der Waals surface area contributed by atoms with Crippen molar-refractivity contribution < 1.29 is 82.9 Å². The van der Waals surface area contributed by atoms with Crippen molar-refractivity contribution in [2.75, 3.05) is 60.7 Å². The molecule has 4 saturated heterocycles. The Kier molecular flexibility index (Phi) is 31.1. The molecular weight excluding hydrogens is 1690 g/mol. The number of esters is 2. The van der Waals surface area contributed by atoms with Gasteiger partial charge in [-0.2, -0.15) is 40.3 Å². The van der Waals surface area contributed by atoms with Gasteiger partial charge in [0.2, 0.25) is 47.3 Å². The number of rotatable bonds is 25. The first kappa shape index (κ1) is 91.2. The SMILES string of the molecule is CCOC(=O)c1ccn(-c2nc(CBr)cc(NC3CCC(F)(F)CC3)n2)n1.CCOC(=O)c1ccn(-c2nc(CN3CCCC3=O)cc(NC3CCC(F)(F)CC3)n2)n1.O=C1CCCN1.O=C1CCCN1Cc1cc(NC2CCC(F)(F)CC2)nc(-n2ccc(CF)n2)n1.O=C1CCCN1Cc1cc(NC2CCC(F)(F)CC2)nc(-n2ccc(CO)n2)n1. The van der Waals surface area contributed by atoms with Crippen LogP contribution in [0.15, 0.2) is 73.3 Å². The van der Waals surface area contributed by atoms with Crippen molar-refractivity contribution in [1.82, 2.24) is 99.0 Å². The van der Waals surface area contributed by atoms with Crippen LogP contribution in [0.3, 0.4) is 0 Å². The summed E-state index contributed by atoms with van der Waals surface area (Å²) in [6.07, 6.45) is 13.8. The van der Waals surface area contributed by atoms with Gasteiger partial charge in [0.25, 0.3) is 23.8 Å². The number of aliphatic hydroxyl groups is 1. The molecule has 8 aromatic rings. The zero-order valence-corrected chi connectivity index (χ0v) is 69.8. The maximum Gasteiger partial charge on any atom is 0.358 e. The molecular formula is C80H100BrF9N24O9. The molecule has 16 rings (SSSR count). The topological polar surface area (TPSA) is 385 Å². The van der Waals surface area contributed by atoms with Crippen LogP contribution in [-0.2, 0) is 66.9 Å². The van der Waals surface area contributed by atoms with Crippen LogP contribution in [0.2, 0.25) is 0 Å². The number of likely N-dealkylation sites (tertiary alicyclic amines) is 3. The van der Waals surface area contributed by atoms with Gasteiger partial charge in [0.15, 0.2) is 11.4 Å². The van der Waals surface area contributed by atoms with E-state index in [1.807, 2.05) is 0 Å². The molecule has 0 unspecified atom stereocenters. The molecule has 6 N–H and O–H groups in total. The van der Waals surface area contributed by atoms with E-state index in [4.69, 9.17) is 9.47 Å². The molecule has 0 atom stereocenters. The lowest BCUT2D eigenvalue weighted by Gasteiger charge is -2.29. The Bertz CT molecular complexity index is 4750. The standard InChI is InChI=1S/C21H26F2N6O3.C19H23F3N6O.C19H24F2N6O2.C17H20BrF2N5O2.C4H7NO/c1-2-32-19(31)16-7-11-29(27-16)20-25-15(13-28-10-3-4-18(28)30)12-17(26-20)24-14-5-8-21(22,23)9-6-14;20-11-14-5-9-28(26-14)18-24-15(12-27-8-1-2-17(27)29)10-16(25-18)23-13-3-6-19(21,22)7-4-13;20-19(21)6-3-13(4-7-19)22-16-10-15(11-26-8-1-2-17(26)29)23-18(24-16)27-9-5-14(12-28)25-27;1-2-27-15(26)13-5-8-25(24-13)16-22-12(10-18)9-14(23-16)21-11-3-6-17(19,20)7-4-11;6-4-2-1-3-5-4/h7,11-12,14H,2-6,8-10,13H2,1H3,(H,24,25,26);5,9-10,13H,1-4,6-8,11-12H2,(H,23,24,25);5,9-10,13,28H,1-4,6-8,11-12H2,(H,22,23,24);5,8-9,11H,2-4,6-7,10H2,1H3,(H,21,22,23);1-3H2,(H,5,6). The van der Waals surface area contributed by atoms with Crippen molar-refractivity contribution in [2.45, 2.75) is 254 Å². The van der Waals surface area contributed by atoms with Crippen molar-refractivity contribution in [1.29, 1.82) is 0 Å². The van der Waals surface area contributed by atoms with Gasteiger partial charge >= 0.3 is 11.9 Å². The van der Waals surface area contributed by atoms with Crippen LogP contribution in [0.1, 0.15) is 223 Å². The normalized spacial score (nSPS) is 18.9. The minimum atomic E-state index is -2.62. The first-order valence-electron chi connectivity index (χ1n) is 41.4. The number of aromatic nitrogens is 16. The number of halogens is 10. The number of ether oxygens (including phenoxy) is 2. The van der Waals surface area contributed by atoms with Crippen LogP contribution < -0.4 is 26.6 Å². The van der Waals surface area contributed by atoms with Gasteiger partial charge in [-0.1, -0.05) is 15.9 Å². The maximum atomic E-state index is 13.5. The molecule has 4 aliphatic carbocycles. The van der Waals surface area contributed by atoms with Gasteiger partial charge in [0, 0.05) is 182 Å². The van der Waals surface area contributed by atoms with Gasteiger partial charge in [-0.25, -0.2) is 87.8 Å². The summed E-state index contributed by atoms with van der Waals surface area (Å²) in [5.74, 6) is -7.94. The number of nitrogens with zero attached hydrogens (tertiary/aromatic N) is 19. The van der Waals surface area contributed by atoms with Crippen molar-refractivity contribution in [3.05, 3.63) is 119 Å². The number of amides is 4. The molecule has 43 heteroatoms. The monoisotopic (exact) mass is 1790 g/mol. The van der Waals surface area contributed by atoms with Crippen LogP contribution in [0.25, 0.3) is 23.8 Å². The van der Waals surface area contributed by atoms with E-state index in [1.165, 1.54) is 36.9 Å². The van der Waals surface area contributed by atoms with E-state index >= 15 is 0 Å². The van der Waals surface area contributed by atoms with Crippen molar-refractivity contribution in [3.8, 4) is 23.8 Å². The highest BCUT2D eigenvalue weighted by molar-refractivity contribution is 9.08. The summed E-state index contributed by atoms with van der Waals surface area (Å²) in [5, 5.41) is 42.0. The number of alkyl halides is 10. The van der Waals surface area contributed by atoms with Crippen molar-refractivity contribution >= 4 is 74.8 Å². The lowest BCUT2D eigenvalue weighted by atomic mass is 9.92.